The number of hydrogen-bond acceptors (Lipinski definition) is 3. The standard InChI is InChI=1S/C20H24BrNO3/c1-20(2,3)25-19(23)22(4)13-16-10-11-17(12-18(16)21)24-14-15-8-6-5-7-9-15/h5-12H,13-14H2,1-4H3. The van der Waals surface area contributed by atoms with E-state index >= 15 is 0 Å². The van der Waals surface area contributed by atoms with Gasteiger partial charge in [-0.25, -0.2) is 4.79 Å². The van der Waals surface area contributed by atoms with Crippen LogP contribution in [0, 0.1) is 0 Å². The van der Waals surface area contributed by atoms with Crippen molar-refractivity contribution in [3.8, 4) is 5.75 Å². The Morgan fingerprint density at radius 1 is 1.12 bits per heavy atom. The molecule has 0 saturated heterocycles. The Bertz CT molecular complexity index is 711. The second kappa shape index (κ2) is 8.39. The maximum absolute atomic E-state index is 12.1. The molecule has 2 rings (SSSR count). The summed E-state index contributed by atoms with van der Waals surface area (Å²) in [4.78, 5) is 13.6. The van der Waals surface area contributed by atoms with Crippen molar-refractivity contribution in [3.05, 3.63) is 64.1 Å². The van der Waals surface area contributed by atoms with Gasteiger partial charge in [-0.15, -0.1) is 0 Å². The maximum atomic E-state index is 12.1. The van der Waals surface area contributed by atoms with Gasteiger partial charge in [0, 0.05) is 18.1 Å². The largest absolute Gasteiger partial charge is 0.489 e. The fourth-order valence-corrected chi connectivity index (χ4v) is 2.63. The van der Waals surface area contributed by atoms with Crippen molar-refractivity contribution >= 4 is 22.0 Å². The van der Waals surface area contributed by atoms with E-state index in [0.29, 0.717) is 13.2 Å². The first kappa shape index (κ1) is 19.3. The molecular weight excluding hydrogens is 382 g/mol. The minimum atomic E-state index is -0.502. The van der Waals surface area contributed by atoms with E-state index in [4.69, 9.17) is 9.47 Å². The van der Waals surface area contributed by atoms with Crippen molar-refractivity contribution in [2.75, 3.05) is 7.05 Å². The fraction of sp³-hybridized carbons (Fsp3) is 0.350. The lowest BCUT2D eigenvalue weighted by molar-refractivity contribution is 0.0285. The van der Waals surface area contributed by atoms with Crippen molar-refractivity contribution < 1.29 is 14.3 Å². The maximum Gasteiger partial charge on any atom is 0.410 e. The first-order valence-electron chi connectivity index (χ1n) is 8.14. The lowest BCUT2D eigenvalue weighted by Gasteiger charge is -2.25. The first-order chi connectivity index (χ1) is 11.7. The molecule has 2 aromatic rings. The molecule has 0 bridgehead atoms. The van der Waals surface area contributed by atoms with Crippen LogP contribution in [-0.4, -0.2) is 23.6 Å². The number of benzene rings is 2. The highest BCUT2D eigenvalue weighted by atomic mass is 79.9. The number of ether oxygens (including phenoxy) is 2. The Kier molecular flexibility index (Phi) is 6.48. The number of rotatable bonds is 5. The van der Waals surface area contributed by atoms with Gasteiger partial charge in [-0.3, -0.25) is 0 Å². The molecule has 0 aliphatic heterocycles. The molecule has 0 radical (unpaired) electrons. The van der Waals surface area contributed by atoms with E-state index in [1.54, 1.807) is 11.9 Å². The van der Waals surface area contributed by atoms with Gasteiger partial charge in [0.05, 0.1) is 0 Å². The fourth-order valence-electron chi connectivity index (χ4n) is 2.15. The van der Waals surface area contributed by atoms with Gasteiger partial charge in [-0.2, -0.15) is 0 Å². The molecule has 0 N–H and O–H groups in total. The minimum absolute atomic E-state index is 0.344. The van der Waals surface area contributed by atoms with Gasteiger partial charge < -0.3 is 14.4 Å². The Labute approximate surface area is 157 Å². The summed E-state index contributed by atoms with van der Waals surface area (Å²) >= 11 is 3.55. The van der Waals surface area contributed by atoms with E-state index in [9.17, 15) is 4.79 Å². The van der Waals surface area contributed by atoms with Crippen LogP contribution in [0.2, 0.25) is 0 Å². The predicted octanol–water partition coefficient (Wildman–Crippen LogP) is 5.40. The van der Waals surface area contributed by atoms with E-state index in [1.807, 2.05) is 69.3 Å². The van der Waals surface area contributed by atoms with Gasteiger partial charge in [0.15, 0.2) is 0 Å². The van der Waals surface area contributed by atoms with Crippen LogP contribution in [-0.2, 0) is 17.9 Å². The molecule has 4 nitrogen and oxygen atoms in total. The lowest BCUT2D eigenvalue weighted by atomic mass is 10.2. The highest BCUT2D eigenvalue weighted by molar-refractivity contribution is 9.10. The number of nitrogens with zero attached hydrogens (tertiary/aromatic N) is 1. The van der Waals surface area contributed by atoms with E-state index in [-0.39, 0.29) is 6.09 Å². The third-order valence-electron chi connectivity index (χ3n) is 3.39. The van der Waals surface area contributed by atoms with Gasteiger partial charge >= 0.3 is 6.09 Å². The predicted molar refractivity (Wildman–Crippen MR) is 103 cm³/mol. The van der Waals surface area contributed by atoms with Crippen LogP contribution < -0.4 is 4.74 Å². The zero-order chi connectivity index (χ0) is 18.4. The molecule has 1 amide bonds. The summed E-state index contributed by atoms with van der Waals surface area (Å²) in [5.74, 6) is 0.777. The molecular formula is C20H24BrNO3. The molecule has 0 fully saturated rings. The molecule has 0 aliphatic rings. The molecule has 5 heteroatoms. The second-order valence-electron chi connectivity index (χ2n) is 6.86. The summed E-state index contributed by atoms with van der Waals surface area (Å²) in [5, 5.41) is 0. The topological polar surface area (TPSA) is 38.8 Å². The van der Waals surface area contributed by atoms with E-state index < -0.39 is 5.60 Å². The Balaban J connectivity index is 1.96. The summed E-state index contributed by atoms with van der Waals surface area (Å²) in [6, 6.07) is 15.8. The van der Waals surface area contributed by atoms with Crippen LogP contribution in [0.4, 0.5) is 4.79 Å². The summed E-state index contributed by atoms with van der Waals surface area (Å²) in [5.41, 5.74) is 1.60. The van der Waals surface area contributed by atoms with Crippen LogP contribution in [0.15, 0.2) is 53.0 Å². The zero-order valence-corrected chi connectivity index (χ0v) is 16.7. The summed E-state index contributed by atoms with van der Waals surface area (Å²) in [7, 11) is 1.72. The molecule has 0 unspecified atom stereocenters. The van der Waals surface area contributed by atoms with Gasteiger partial charge in [-0.1, -0.05) is 52.3 Å². The lowest BCUT2D eigenvalue weighted by Crippen LogP contribution is -2.33. The van der Waals surface area contributed by atoms with Crippen LogP contribution >= 0.6 is 15.9 Å². The second-order valence-corrected chi connectivity index (χ2v) is 7.72. The smallest absolute Gasteiger partial charge is 0.410 e. The van der Waals surface area contributed by atoms with Crippen LogP contribution in [0.1, 0.15) is 31.9 Å². The van der Waals surface area contributed by atoms with Crippen molar-refractivity contribution in [1.82, 2.24) is 4.90 Å². The molecule has 0 heterocycles. The van der Waals surface area contributed by atoms with Crippen LogP contribution in [0.3, 0.4) is 0 Å². The molecule has 0 saturated carbocycles. The minimum Gasteiger partial charge on any atom is -0.489 e. The first-order valence-corrected chi connectivity index (χ1v) is 8.93. The number of carbonyl (C=O) groups excluding carboxylic acids is 1. The Hall–Kier alpha value is -2.01. The number of halogens is 1. The highest BCUT2D eigenvalue weighted by Crippen LogP contribution is 2.25. The quantitative estimate of drug-likeness (QED) is 0.668. The van der Waals surface area contributed by atoms with Crippen molar-refractivity contribution in [3.63, 3.8) is 0 Å². The average Bonchev–Trinajstić information content (AvgIpc) is 2.54. The van der Waals surface area contributed by atoms with Crippen molar-refractivity contribution in [2.45, 2.75) is 39.5 Å². The van der Waals surface area contributed by atoms with Crippen molar-refractivity contribution in [2.24, 2.45) is 0 Å². The number of hydrogen-bond donors (Lipinski definition) is 0. The van der Waals surface area contributed by atoms with Gasteiger partial charge in [0.2, 0.25) is 0 Å². The average molecular weight is 406 g/mol. The van der Waals surface area contributed by atoms with E-state index in [1.165, 1.54) is 0 Å². The summed E-state index contributed by atoms with van der Waals surface area (Å²) < 4.78 is 12.1. The molecule has 0 aromatic heterocycles. The van der Waals surface area contributed by atoms with Gasteiger partial charge in [0.25, 0.3) is 0 Å². The van der Waals surface area contributed by atoms with Crippen LogP contribution in [0.5, 0.6) is 5.75 Å². The molecule has 2 aromatic carbocycles. The Morgan fingerprint density at radius 3 is 2.40 bits per heavy atom. The normalized spacial score (nSPS) is 11.1. The van der Waals surface area contributed by atoms with Crippen molar-refractivity contribution in [1.29, 1.82) is 0 Å². The zero-order valence-electron chi connectivity index (χ0n) is 15.1. The molecule has 134 valence electrons. The molecule has 25 heavy (non-hydrogen) atoms. The SMILES string of the molecule is CN(Cc1ccc(OCc2ccccc2)cc1Br)C(=O)OC(C)(C)C. The molecule has 0 aliphatic carbocycles. The monoisotopic (exact) mass is 405 g/mol. The third kappa shape index (κ3) is 6.42. The number of carbonyl (C=O) groups is 1. The van der Waals surface area contributed by atoms with Gasteiger partial charge in [0.1, 0.15) is 18.0 Å². The van der Waals surface area contributed by atoms with E-state index in [0.717, 1.165) is 21.3 Å². The number of amides is 1. The highest BCUT2D eigenvalue weighted by Gasteiger charge is 2.20. The molecule has 0 atom stereocenters. The summed E-state index contributed by atoms with van der Waals surface area (Å²) in [6.45, 7) is 6.54. The Morgan fingerprint density at radius 2 is 1.80 bits per heavy atom. The van der Waals surface area contributed by atoms with E-state index in [2.05, 4.69) is 15.9 Å². The van der Waals surface area contributed by atoms with Gasteiger partial charge in [-0.05, 0) is 44.0 Å². The summed E-state index contributed by atoms with van der Waals surface area (Å²) in [6.07, 6.45) is -0.344. The molecule has 0 spiro atoms. The van der Waals surface area contributed by atoms with Crippen LogP contribution in [0.25, 0.3) is 0 Å². The third-order valence-corrected chi connectivity index (χ3v) is 4.12.